The predicted molar refractivity (Wildman–Crippen MR) is 126 cm³/mol. The molecular formula is C22H30N4O4S2. The Morgan fingerprint density at radius 1 is 1.28 bits per heavy atom. The van der Waals surface area contributed by atoms with E-state index >= 15 is 0 Å². The normalized spacial score (nSPS) is 18.6. The first-order valence-corrected chi connectivity index (χ1v) is 13.2. The number of hydrogen-bond acceptors (Lipinski definition) is 8. The van der Waals surface area contributed by atoms with Gasteiger partial charge in [0.05, 0.1) is 16.5 Å². The second-order valence-electron chi connectivity index (χ2n) is 8.57. The number of likely N-dealkylation sites (tertiary alicyclic amines) is 1. The average molecular weight is 479 g/mol. The molecule has 2 unspecified atom stereocenters. The smallest absolute Gasteiger partial charge is 0.250 e. The first kappa shape index (κ1) is 24.3. The van der Waals surface area contributed by atoms with Crippen molar-refractivity contribution in [3.05, 3.63) is 46.8 Å². The maximum absolute atomic E-state index is 13.7. The maximum atomic E-state index is 13.7. The van der Waals surface area contributed by atoms with Gasteiger partial charge in [-0.05, 0) is 51.9 Å². The number of Topliss-reactive ketones (excluding diaryl/α,β-unsaturated/α-hetero) is 1. The number of thiazole rings is 1. The number of benzene rings is 1. The van der Waals surface area contributed by atoms with Gasteiger partial charge >= 0.3 is 0 Å². The molecule has 1 aliphatic heterocycles. The molecule has 174 valence electrons. The highest BCUT2D eigenvalue weighted by molar-refractivity contribution is 7.92. The maximum Gasteiger partial charge on any atom is 0.250 e. The minimum atomic E-state index is -3.56. The number of sulfone groups is 1. The lowest BCUT2D eigenvalue weighted by molar-refractivity contribution is -0.134. The van der Waals surface area contributed by atoms with E-state index in [1.807, 2.05) is 37.4 Å². The first-order valence-electron chi connectivity index (χ1n) is 10.6. The van der Waals surface area contributed by atoms with Gasteiger partial charge in [0.15, 0.2) is 21.2 Å². The number of hydrogen-bond donors (Lipinski definition) is 2. The number of piperidine rings is 1. The van der Waals surface area contributed by atoms with Crippen LogP contribution in [0.4, 0.5) is 5.82 Å². The Kier molecular flexibility index (Phi) is 7.68. The van der Waals surface area contributed by atoms with Gasteiger partial charge in [-0.15, -0.1) is 11.3 Å². The lowest BCUT2D eigenvalue weighted by Gasteiger charge is -2.32. The molecule has 0 saturated carbocycles. The number of primary amides is 1. The Labute approximate surface area is 193 Å². The summed E-state index contributed by atoms with van der Waals surface area (Å²) in [6, 6.07) is 9.22. The van der Waals surface area contributed by atoms with Crippen molar-refractivity contribution in [1.82, 2.24) is 9.88 Å². The van der Waals surface area contributed by atoms with Gasteiger partial charge in [0, 0.05) is 11.3 Å². The minimum Gasteiger partial charge on any atom is -0.367 e. The fourth-order valence-electron chi connectivity index (χ4n) is 4.07. The van der Waals surface area contributed by atoms with Gasteiger partial charge in [0.1, 0.15) is 5.82 Å². The van der Waals surface area contributed by atoms with E-state index in [9.17, 15) is 18.0 Å². The van der Waals surface area contributed by atoms with Crippen molar-refractivity contribution < 1.29 is 18.0 Å². The zero-order valence-corrected chi connectivity index (χ0v) is 20.0. The fourth-order valence-corrected chi connectivity index (χ4v) is 6.58. The number of carbonyl (C=O) groups is 2. The molecule has 32 heavy (non-hydrogen) atoms. The largest absolute Gasteiger partial charge is 0.367 e. The molecule has 3 N–H and O–H groups in total. The summed E-state index contributed by atoms with van der Waals surface area (Å²) in [5.41, 5.74) is 6.25. The molecule has 1 amide bonds. The Bertz CT molecular complexity index is 1020. The van der Waals surface area contributed by atoms with E-state index in [1.165, 1.54) is 18.3 Å². The molecule has 0 bridgehead atoms. The van der Waals surface area contributed by atoms with Gasteiger partial charge in [-0.2, -0.15) is 0 Å². The summed E-state index contributed by atoms with van der Waals surface area (Å²) in [4.78, 5) is 32.3. The summed E-state index contributed by atoms with van der Waals surface area (Å²) in [6.07, 6.45) is 1.28. The zero-order valence-electron chi connectivity index (χ0n) is 18.4. The molecule has 2 atom stereocenters. The quantitative estimate of drug-likeness (QED) is 0.499. The molecule has 0 radical (unpaired) electrons. The summed E-state index contributed by atoms with van der Waals surface area (Å²) in [6.45, 7) is 2.80. The number of anilines is 1. The van der Waals surface area contributed by atoms with Crippen LogP contribution in [-0.2, 0) is 25.8 Å². The molecule has 1 aromatic heterocycles. The van der Waals surface area contributed by atoms with Crippen LogP contribution < -0.4 is 11.1 Å². The topological polar surface area (TPSA) is 122 Å². The van der Waals surface area contributed by atoms with Crippen LogP contribution in [0, 0.1) is 5.92 Å². The fraction of sp³-hybridized carbons (Fsp3) is 0.500. The monoisotopic (exact) mass is 478 g/mol. The molecule has 2 heterocycles. The standard InChI is InChI=1S/C22H30N4O4S2/c1-22(21(23)28,25-19-13-31-15-24-19)20(27)17(12-16-6-4-3-5-7-16)14-32(29,30)18-8-10-26(2)11-9-18/h3-7,13,15,17-18,25H,8-12,14H2,1-2H3,(H2,23,28). The van der Waals surface area contributed by atoms with Crippen molar-refractivity contribution in [2.75, 3.05) is 31.2 Å². The molecule has 1 aromatic carbocycles. The number of carbonyl (C=O) groups excluding carboxylic acids is 2. The van der Waals surface area contributed by atoms with Crippen molar-refractivity contribution in [2.45, 2.75) is 37.0 Å². The van der Waals surface area contributed by atoms with Crippen LogP contribution in [0.25, 0.3) is 0 Å². The predicted octanol–water partition coefficient (Wildman–Crippen LogP) is 1.74. The Morgan fingerprint density at radius 2 is 1.94 bits per heavy atom. The zero-order chi connectivity index (χ0) is 23.4. The van der Waals surface area contributed by atoms with Crippen molar-refractivity contribution in [1.29, 1.82) is 0 Å². The number of aromatic nitrogens is 1. The third-order valence-corrected chi connectivity index (χ3v) is 9.04. The molecule has 1 aliphatic rings. The highest BCUT2D eigenvalue weighted by Gasteiger charge is 2.45. The summed E-state index contributed by atoms with van der Waals surface area (Å²) in [7, 11) is -1.59. The molecule has 1 saturated heterocycles. The van der Waals surface area contributed by atoms with Crippen molar-refractivity contribution >= 4 is 38.7 Å². The van der Waals surface area contributed by atoms with Crippen LogP contribution in [0.5, 0.6) is 0 Å². The van der Waals surface area contributed by atoms with Crippen LogP contribution in [0.3, 0.4) is 0 Å². The molecule has 2 aromatic rings. The highest BCUT2D eigenvalue weighted by atomic mass is 32.2. The summed E-state index contributed by atoms with van der Waals surface area (Å²) in [5.74, 6) is -2.31. The van der Waals surface area contributed by atoms with E-state index in [-0.39, 0.29) is 12.2 Å². The molecule has 0 spiro atoms. The number of rotatable bonds is 10. The van der Waals surface area contributed by atoms with Crippen molar-refractivity contribution in [3.8, 4) is 0 Å². The van der Waals surface area contributed by atoms with Crippen LogP contribution in [0.15, 0.2) is 41.2 Å². The third kappa shape index (κ3) is 5.73. The second-order valence-corrected chi connectivity index (χ2v) is 11.6. The molecule has 1 fully saturated rings. The van der Waals surface area contributed by atoms with E-state index in [0.717, 1.165) is 5.56 Å². The molecule has 10 heteroatoms. The van der Waals surface area contributed by atoms with E-state index in [2.05, 4.69) is 15.2 Å². The van der Waals surface area contributed by atoms with Crippen LogP contribution >= 0.6 is 11.3 Å². The molecule has 0 aliphatic carbocycles. The van der Waals surface area contributed by atoms with Gasteiger partial charge in [0.25, 0.3) is 5.91 Å². The second kappa shape index (κ2) is 10.1. The molecule has 8 nitrogen and oxygen atoms in total. The van der Waals surface area contributed by atoms with E-state index in [0.29, 0.717) is 31.7 Å². The van der Waals surface area contributed by atoms with E-state index in [4.69, 9.17) is 5.73 Å². The number of amides is 1. The Morgan fingerprint density at radius 3 is 2.50 bits per heavy atom. The van der Waals surface area contributed by atoms with Crippen molar-refractivity contribution in [3.63, 3.8) is 0 Å². The van der Waals surface area contributed by atoms with Crippen molar-refractivity contribution in [2.24, 2.45) is 11.7 Å². The Balaban J connectivity index is 1.90. The van der Waals surface area contributed by atoms with Gasteiger partial charge in [-0.1, -0.05) is 30.3 Å². The molecule has 3 rings (SSSR count). The van der Waals surface area contributed by atoms with Gasteiger partial charge in [-0.3, -0.25) is 9.59 Å². The lowest BCUT2D eigenvalue weighted by Crippen LogP contribution is -2.57. The van der Waals surface area contributed by atoms with Gasteiger partial charge < -0.3 is 16.0 Å². The SMILES string of the molecule is CN1CCC(S(=O)(=O)CC(Cc2ccccc2)C(=O)C(C)(Nc2cscn2)C(N)=O)CC1. The van der Waals surface area contributed by atoms with Gasteiger partial charge in [-0.25, -0.2) is 13.4 Å². The molecular weight excluding hydrogens is 448 g/mol. The number of nitrogens with one attached hydrogen (secondary N) is 1. The van der Waals surface area contributed by atoms with Crippen LogP contribution in [-0.4, -0.2) is 66.7 Å². The third-order valence-electron chi connectivity index (χ3n) is 6.10. The summed E-state index contributed by atoms with van der Waals surface area (Å²) >= 11 is 1.31. The van der Waals surface area contributed by atoms with Crippen LogP contribution in [0.2, 0.25) is 0 Å². The van der Waals surface area contributed by atoms with Gasteiger partial charge in [0.2, 0.25) is 0 Å². The number of nitrogens with two attached hydrogens (primary N) is 1. The Hall–Kier alpha value is -2.30. The summed E-state index contributed by atoms with van der Waals surface area (Å²) in [5, 5.41) is 4.02. The lowest BCUT2D eigenvalue weighted by atomic mass is 9.84. The average Bonchev–Trinajstić information content (AvgIpc) is 3.26. The number of ketones is 1. The number of nitrogens with zero attached hydrogens (tertiary/aromatic N) is 2. The first-order chi connectivity index (χ1) is 15.1. The van der Waals surface area contributed by atoms with E-state index in [1.54, 1.807) is 10.9 Å². The highest BCUT2D eigenvalue weighted by Crippen LogP contribution is 2.26. The minimum absolute atomic E-state index is 0.202. The van der Waals surface area contributed by atoms with E-state index < -0.39 is 38.2 Å². The summed E-state index contributed by atoms with van der Waals surface area (Å²) < 4.78 is 26.6. The van der Waals surface area contributed by atoms with Crippen LogP contribution in [0.1, 0.15) is 25.3 Å².